The zero-order chi connectivity index (χ0) is 24.8. The number of amides is 4. The molecule has 36 heavy (non-hydrogen) atoms. The number of urea groups is 1. The Balaban J connectivity index is 1.23. The molecular weight excluding hydrogens is 456 g/mol. The minimum atomic E-state index is -1.17. The molecule has 3 saturated heterocycles. The molecule has 0 radical (unpaired) electrons. The summed E-state index contributed by atoms with van der Waals surface area (Å²) in [7, 11) is 0. The van der Waals surface area contributed by atoms with E-state index in [0.717, 1.165) is 31.2 Å². The molecule has 3 aliphatic heterocycles. The quantitative estimate of drug-likeness (QED) is 0.632. The Morgan fingerprint density at radius 1 is 1.03 bits per heavy atom. The van der Waals surface area contributed by atoms with Gasteiger partial charge in [-0.25, -0.2) is 4.79 Å². The predicted octanol–water partition coefficient (Wildman–Crippen LogP) is 2.98. The monoisotopic (exact) mass is 488 g/mol. The number of likely N-dealkylation sites (tertiary alicyclic amines) is 1. The van der Waals surface area contributed by atoms with E-state index in [0.29, 0.717) is 38.1 Å². The van der Waals surface area contributed by atoms with Crippen LogP contribution in [0.4, 0.5) is 4.79 Å². The number of carbonyl (C=O) groups excluding carboxylic acids is 3. The Kier molecular flexibility index (Phi) is 5.79. The number of aromatic nitrogens is 1. The minimum absolute atomic E-state index is 0.114. The Labute approximate surface area is 211 Å². The van der Waals surface area contributed by atoms with Crippen LogP contribution in [0.15, 0.2) is 54.9 Å². The van der Waals surface area contributed by atoms with Crippen LogP contribution in [0.1, 0.15) is 49.7 Å². The van der Waals surface area contributed by atoms with Gasteiger partial charge in [-0.1, -0.05) is 36.4 Å². The summed E-state index contributed by atoms with van der Waals surface area (Å²) in [5.41, 5.74) is 0.221. The number of ether oxygens (including phenoxy) is 1. The van der Waals surface area contributed by atoms with Crippen LogP contribution in [0.25, 0.3) is 0 Å². The number of carbonyl (C=O) groups is 3. The number of piperidine rings is 1. The molecule has 1 N–H and O–H groups in total. The second-order valence-corrected chi connectivity index (χ2v) is 10.5. The zero-order valence-corrected chi connectivity index (χ0v) is 20.4. The fourth-order valence-corrected chi connectivity index (χ4v) is 6.38. The summed E-state index contributed by atoms with van der Waals surface area (Å²) in [6.07, 6.45) is 8.04. The smallest absolute Gasteiger partial charge is 0.325 e. The summed E-state index contributed by atoms with van der Waals surface area (Å²) in [5.74, 6) is -0.184. The van der Waals surface area contributed by atoms with Gasteiger partial charge in [0, 0.05) is 37.7 Å². The van der Waals surface area contributed by atoms with Gasteiger partial charge in [0.05, 0.1) is 18.1 Å². The molecule has 1 aromatic heterocycles. The Bertz CT molecular complexity index is 1140. The lowest BCUT2D eigenvalue weighted by Gasteiger charge is -2.41. The van der Waals surface area contributed by atoms with E-state index < -0.39 is 11.0 Å². The standard InChI is InChI=1S/C28H32N4O4/c33-24(27(12-13-27)20-6-2-1-3-7-20)31-15-10-21(11-16-31)28(22-8-4-14-29-18-22)25(34)32(26(35)30-28)19-23-9-5-17-36-23/h1-4,6-8,14,18,21,23H,5,9-13,15-17,19H2,(H,30,35)/t23-,28-/m0/s1. The molecule has 4 aliphatic rings. The minimum Gasteiger partial charge on any atom is -0.376 e. The third-order valence-corrected chi connectivity index (χ3v) is 8.54. The van der Waals surface area contributed by atoms with Crippen LogP contribution in [-0.4, -0.2) is 65.0 Å². The first kappa shape index (κ1) is 23.2. The number of imide groups is 1. The first-order valence-corrected chi connectivity index (χ1v) is 13.1. The normalized spacial score (nSPS) is 27.8. The first-order chi connectivity index (χ1) is 17.5. The van der Waals surface area contributed by atoms with Gasteiger partial charge in [-0.15, -0.1) is 0 Å². The van der Waals surface area contributed by atoms with E-state index in [2.05, 4.69) is 10.3 Å². The second-order valence-electron chi connectivity index (χ2n) is 10.5. The van der Waals surface area contributed by atoms with Gasteiger partial charge in [-0.05, 0) is 56.1 Å². The van der Waals surface area contributed by atoms with E-state index >= 15 is 0 Å². The highest BCUT2D eigenvalue weighted by Crippen LogP contribution is 2.50. The van der Waals surface area contributed by atoms with Crippen LogP contribution < -0.4 is 5.32 Å². The molecule has 4 amide bonds. The number of hydrogen-bond acceptors (Lipinski definition) is 5. The predicted molar refractivity (Wildman–Crippen MR) is 132 cm³/mol. The molecule has 188 valence electrons. The van der Waals surface area contributed by atoms with E-state index in [-0.39, 0.29) is 36.4 Å². The van der Waals surface area contributed by atoms with Crippen LogP contribution in [0, 0.1) is 5.92 Å². The van der Waals surface area contributed by atoms with Gasteiger partial charge < -0.3 is 15.0 Å². The van der Waals surface area contributed by atoms with Crippen molar-refractivity contribution in [2.75, 3.05) is 26.2 Å². The van der Waals surface area contributed by atoms with Crippen LogP contribution in [0.2, 0.25) is 0 Å². The molecule has 8 heteroatoms. The Morgan fingerprint density at radius 2 is 1.78 bits per heavy atom. The SMILES string of the molecule is O=C1N[C@](c2cccnc2)(C2CCN(C(=O)C3(c4ccccc4)CC3)CC2)C(=O)N1C[C@@H]1CCCO1. The summed E-state index contributed by atoms with van der Waals surface area (Å²) in [5, 5.41) is 3.08. The molecule has 1 aromatic carbocycles. The van der Waals surface area contributed by atoms with Crippen molar-refractivity contribution in [3.8, 4) is 0 Å². The maximum Gasteiger partial charge on any atom is 0.325 e. The molecular formula is C28H32N4O4. The Hall–Kier alpha value is -3.26. The van der Waals surface area contributed by atoms with Crippen molar-refractivity contribution in [3.05, 3.63) is 66.0 Å². The molecule has 2 aromatic rings. The van der Waals surface area contributed by atoms with Crippen molar-refractivity contribution in [1.29, 1.82) is 0 Å². The largest absolute Gasteiger partial charge is 0.376 e. The third-order valence-electron chi connectivity index (χ3n) is 8.54. The fraction of sp³-hybridized carbons (Fsp3) is 0.500. The van der Waals surface area contributed by atoms with Gasteiger partial charge >= 0.3 is 6.03 Å². The highest BCUT2D eigenvalue weighted by atomic mass is 16.5. The average molecular weight is 489 g/mol. The number of nitrogens with one attached hydrogen (secondary N) is 1. The molecule has 2 atom stereocenters. The molecule has 1 saturated carbocycles. The van der Waals surface area contributed by atoms with Crippen LogP contribution >= 0.6 is 0 Å². The molecule has 0 bridgehead atoms. The molecule has 4 heterocycles. The molecule has 1 aliphatic carbocycles. The van der Waals surface area contributed by atoms with Crippen LogP contribution in [0.5, 0.6) is 0 Å². The van der Waals surface area contributed by atoms with Crippen molar-refractivity contribution < 1.29 is 19.1 Å². The third kappa shape index (κ3) is 3.70. The fourth-order valence-electron chi connectivity index (χ4n) is 6.38. The summed E-state index contributed by atoms with van der Waals surface area (Å²) < 4.78 is 5.72. The first-order valence-electron chi connectivity index (χ1n) is 13.1. The van der Waals surface area contributed by atoms with E-state index in [1.54, 1.807) is 18.5 Å². The molecule has 4 fully saturated rings. The van der Waals surface area contributed by atoms with Gasteiger partial charge in [-0.3, -0.25) is 19.5 Å². The highest BCUT2D eigenvalue weighted by Gasteiger charge is 2.59. The van der Waals surface area contributed by atoms with E-state index in [1.165, 1.54) is 4.90 Å². The van der Waals surface area contributed by atoms with E-state index in [4.69, 9.17) is 4.74 Å². The molecule has 0 unspecified atom stereocenters. The van der Waals surface area contributed by atoms with Crippen molar-refractivity contribution in [2.45, 2.75) is 55.6 Å². The number of pyridine rings is 1. The lowest BCUT2D eigenvalue weighted by molar-refractivity contribution is -0.138. The van der Waals surface area contributed by atoms with E-state index in [9.17, 15) is 14.4 Å². The molecule has 6 rings (SSSR count). The lowest BCUT2D eigenvalue weighted by atomic mass is 9.73. The summed E-state index contributed by atoms with van der Waals surface area (Å²) >= 11 is 0. The maximum atomic E-state index is 14.0. The average Bonchev–Trinajstić information content (AvgIpc) is 3.50. The number of nitrogens with zero attached hydrogens (tertiary/aromatic N) is 3. The van der Waals surface area contributed by atoms with E-state index in [1.807, 2.05) is 41.3 Å². The van der Waals surface area contributed by atoms with Crippen molar-refractivity contribution in [3.63, 3.8) is 0 Å². The van der Waals surface area contributed by atoms with Crippen molar-refractivity contribution in [1.82, 2.24) is 20.1 Å². The summed E-state index contributed by atoms with van der Waals surface area (Å²) in [6, 6.07) is 13.3. The second kappa shape index (κ2) is 9.00. The molecule has 8 nitrogen and oxygen atoms in total. The van der Waals surface area contributed by atoms with Crippen LogP contribution in [0.3, 0.4) is 0 Å². The maximum absolute atomic E-state index is 14.0. The van der Waals surface area contributed by atoms with Gasteiger partial charge in [-0.2, -0.15) is 0 Å². The topological polar surface area (TPSA) is 91.8 Å². The lowest BCUT2D eigenvalue weighted by Crippen LogP contribution is -2.55. The number of hydrogen-bond donors (Lipinski definition) is 1. The van der Waals surface area contributed by atoms with Crippen molar-refractivity contribution in [2.24, 2.45) is 5.92 Å². The van der Waals surface area contributed by atoms with Gasteiger partial charge in [0.2, 0.25) is 5.91 Å². The van der Waals surface area contributed by atoms with Gasteiger partial charge in [0.1, 0.15) is 0 Å². The highest BCUT2D eigenvalue weighted by molar-refractivity contribution is 6.07. The van der Waals surface area contributed by atoms with Gasteiger partial charge in [0.15, 0.2) is 5.54 Å². The number of benzene rings is 1. The van der Waals surface area contributed by atoms with Crippen LogP contribution in [-0.2, 0) is 25.3 Å². The summed E-state index contributed by atoms with van der Waals surface area (Å²) in [4.78, 5) is 48.2. The molecule has 0 spiro atoms. The van der Waals surface area contributed by atoms with Gasteiger partial charge in [0.25, 0.3) is 5.91 Å². The number of rotatable bonds is 6. The Morgan fingerprint density at radius 3 is 2.42 bits per heavy atom. The van der Waals surface area contributed by atoms with Crippen molar-refractivity contribution >= 4 is 17.8 Å². The zero-order valence-electron chi connectivity index (χ0n) is 20.4. The summed E-state index contributed by atoms with van der Waals surface area (Å²) in [6.45, 7) is 2.06.